The van der Waals surface area contributed by atoms with Gasteiger partial charge in [-0.25, -0.2) is 22.3 Å². The van der Waals surface area contributed by atoms with E-state index in [9.17, 15) is 22.0 Å². The lowest BCUT2D eigenvalue weighted by Crippen LogP contribution is -2.51. The summed E-state index contributed by atoms with van der Waals surface area (Å²) < 4.78 is 49.4. The molecule has 0 aliphatic heterocycles. The van der Waals surface area contributed by atoms with E-state index in [-0.39, 0.29) is 0 Å². The molecule has 1 amide bonds. The molecule has 0 spiro atoms. The van der Waals surface area contributed by atoms with Crippen molar-refractivity contribution in [3.05, 3.63) is 29.3 Å². The van der Waals surface area contributed by atoms with Gasteiger partial charge in [-0.3, -0.25) is 4.79 Å². The van der Waals surface area contributed by atoms with Crippen LogP contribution in [0.2, 0.25) is 0 Å². The first-order valence-electron chi connectivity index (χ1n) is 5.97. The lowest BCUT2D eigenvalue weighted by Gasteiger charge is -2.39. The molecule has 1 fully saturated rings. The average molecular weight is 304 g/mol. The standard InChI is InChI=1S/C12H14F2N2O3S/c1-12(3-2-4-12)16-11(17)7-5-10(20(15,18)19)9(14)6-8(7)13/h5-6H,2-4H2,1H3,(H,16,17)(H2,15,18,19). The molecule has 1 aliphatic carbocycles. The smallest absolute Gasteiger partial charge is 0.254 e. The van der Waals surface area contributed by atoms with Crippen LogP contribution in [0.4, 0.5) is 8.78 Å². The molecule has 0 saturated heterocycles. The van der Waals surface area contributed by atoms with Crippen LogP contribution >= 0.6 is 0 Å². The highest BCUT2D eigenvalue weighted by molar-refractivity contribution is 7.89. The second-order valence-corrected chi connectivity index (χ2v) is 6.71. The van der Waals surface area contributed by atoms with E-state index in [1.165, 1.54) is 0 Å². The summed E-state index contributed by atoms with van der Waals surface area (Å²) in [7, 11) is -4.36. The van der Waals surface area contributed by atoms with Crippen molar-refractivity contribution >= 4 is 15.9 Å². The zero-order valence-corrected chi connectivity index (χ0v) is 11.6. The molecular formula is C12H14F2N2O3S. The molecule has 0 heterocycles. The Kier molecular flexibility index (Phi) is 3.55. The first-order valence-corrected chi connectivity index (χ1v) is 7.51. The van der Waals surface area contributed by atoms with E-state index in [1.54, 1.807) is 6.92 Å². The van der Waals surface area contributed by atoms with Gasteiger partial charge in [0.1, 0.15) is 16.5 Å². The Bertz CT molecular complexity index is 670. The van der Waals surface area contributed by atoms with Crippen molar-refractivity contribution < 1.29 is 22.0 Å². The highest BCUT2D eigenvalue weighted by Gasteiger charge is 2.34. The molecular weight excluding hydrogens is 290 g/mol. The molecule has 5 nitrogen and oxygen atoms in total. The number of carbonyl (C=O) groups excluding carboxylic acids is 1. The maximum atomic E-state index is 13.6. The van der Waals surface area contributed by atoms with E-state index in [0.717, 1.165) is 19.3 Å². The largest absolute Gasteiger partial charge is 0.347 e. The molecule has 2 rings (SSSR count). The van der Waals surface area contributed by atoms with Crippen molar-refractivity contribution in [2.45, 2.75) is 36.6 Å². The van der Waals surface area contributed by atoms with Gasteiger partial charge in [-0.1, -0.05) is 0 Å². The summed E-state index contributed by atoms with van der Waals surface area (Å²) in [4.78, 5) is 11.1. The number of rotatable bonds is 3. The minimum Gasteiger partial charge on any atom is -0.347 e. The van der Waals surface area contributed by atoms with Crippen molar-refractivity contribution in [1.82, 2.24) is 5.32 Å². The zero-order valence-electron chi connectivity index (χ0n) is 10.7. The predicted molar refractivity (Wildman–Crippen MR) is 67.5 cm³/mol. The Morgan fingerprint density at radius 1 is 1.30 bits per heavy atom. The molecule has 1 saturated carbocycles. The zero-order chi connectivity index (χ0) is 15.1. The van der Waals surface area contributed by atoms with E-state index in [4.69, 9.17) is 5.14 Å². The third kappa shape index (κ3) is 2.80. The van der Waals surface area contributed by atoms with Crippen LogP contribution in [0.5, 0.6) is 0 Å². The summed E-state index contributed by atoms with van der Waals surface area (Å²) in [5.74, 6) is -3.23. The van der Waals surface area contributed by atoms with Crippen LogP contribution in [-0.2, 0) is 10.0 Å². The summed E-state index contributed by atoms with van der Waals surface area (Å²) in [6, 6.07) is 0.967. The van der Waals surface area contributed by atoms with Gasteiger partial charge < -0.3 is 5.32 Å². The van der Waals surface area contributed by atoms with E-state index < -0.39 is 43.6 Å². The molecule has 0 aromatic heterocycles. The second kappa shape index (κ2) is 4.78. The number of nitrogens with two attached hydrogens (primary N) is 1. The average Bonchev–Trinajstić information content (AvgIpc) is 2.24. The van der Waals surface area contributed by atoms with E-state index in [0.29, 0.717) is 12.1 Å². The monoisotopic (exact) mass is 304 g/mol. The maximum absolute atomic E-state index is 13.6. The predicted octanol–water partition coefficient (Wildman–Crippen LogP) is 1.28. The fraction of sp³-hybridized carbons (Fsp3) is 0.417. The van der Waals surface area contributed by atoms with Crippen LogP contribution in [-0.4, -0.2) is 19.9 Å². The van der Waals surface area contributed by atoms with E-state index >= 15 is 0 Å². The van der Waals surface area contributed by atoms with Crippen molar-refractivity contribution in [3.8, 4) is 0 Å². The maximum Gasteiger partial charge on any atom is 0.254 e. The minimum atomic E-state index is -4.36. The summed E-state index contributed by atoms with van der Waals surface area (Å²) in [5.41, 5.74) is -0.969. The summed E-state index contributed by atoms with van der Waals surface area (Å²) in [6.45, 7) is 1.80. The molecule has 110 valence electrons. The number of hydrogen-bond acceptors (Lipinski definition) is 3. The SMILES string of the molecule is CC1(NC(=O)c2cc(S(N)(=O)=O)c(F)cc2F)CCC1. The normalized spacial score (nSPS) is 17.4. The quantitative estimate of drug-likeness (QED) is 0.881. The Balaban J connectivity index is 2.38. The molecule has 0 bridgehead atoms. The molecule has 1 aliphatic rings. The van der Waals surface area contributed by atoms with E-state index in [2.05, 4.69) is 5.32 Å². The van der Waals surface area contributed by atoms with Gasteiger partial charge >= 0.3 is 0 Å². The van der Waals surface area contributed by atoms with Crippen molar-refractivity contribution in [3.63, 3.8) is 0 Å². The van der Waals surface area contributed by atoms with Crippen molar-refractivity contribution in [1.29, 1.82) is 0 Å². The molecule has 0 unspecified atom stereocenters. The number of benzene rings is 1. The van der Waals surface area contributed by atoms with Crippen LogP contribution in [0.25, 0.3) is 0 Å². The fourth-order valence-electron chi connectivity index (χ4n) is 2.09. The van der Waals surface area contributed by atoms with Gasteiger partial charge in [-0.15, -0.1) is 0 Å². The van der Waals surface area contributed by atoms with Crippen molar-refractivity contribution in [2.75, 3.05) is 0 Å². The Morgan fingerprint density at radius 3 is 2.35 bits per heavy atom. The number of nitrogens with one attached hydrogen (secondary N) is 1. The van der Waals surface area contributed by atoms with Crippen LogP contribution < -0.4 is 10.5 Å². The number of carbonyl (C=O) groups is 1. The van der Waals surface area contributed by atoms with Gasteiger partial charge in [-0.05, 0) is 32.3 Å². The van der Waals surface area contributed by atoms with Gasteiger partial charge in [0.15, 0.2) is 0 Å². The molecule has 3 N–H and O–H groups in total. The van der Waals surface area contributed by atoms with Crippen LogP contribution in [0, 0.1) is 11.6 Å². The van der Waals surface area contributed by atoms with Gasteiger partial charge in [0.2, 0.25) is 10.0 Å². The topological polar surface area (TPSA) is 89.3 Å². The number of hydrogen-bond donors (Lipinski definition) is 2. The number of sulfonamides is 1. The lowest BCUT2D eigenvalue weighted by atomic mass is 9.78. The fourth-order valence-corrected chi connectivity index (χ4v) is 2.71. The lowest BCUT2D eigenvalue weighted by molar-refractivity contribution is 0.0846. The van der Waals surface area contributed by atoms with Gasteiger partial charge in [0.05, 0.1) is 5.56 Å². The third-order valence-corrected chi connectivity index (χ3v) is 4.37. The molecule has 8 heteroatoms. The van der Waals surface area contributed by atoms with Crippen LogP contribution in [0.15, 0.2) is 17.0 Å². The van der Waals surface area contributed by atoms with Gasteiger partial charge in [0, 0.05) is 11.6 Å². The van der Waals surface area contributed by atoms with Gasteiger partial charge in [-0.2, -0.15) is 0 Å². The Labute approximate surface area is 115 Å². The molecule has 0 radical (unpaired) electrons. The number of primary sulfonamides is 1. The Morgan fingerprint density at radius 2 is 1.90 bits per heavy atom. The van der Waals surface area contributed by atoms with Crippen LogP contribution in [0.3, 0.4) is 0 Å². The second-order valence-electron chi connectivity index (χ2n) is 5.18. The van der Waals surface area contributed by atoms with Crippen LogP contribution in [0.1, 0.15) is 36.5 Å². The molecule has 1 aromatic rings. The third-order valence-electron chi connectivity index (χ3n) is 3.45. The molecule has 0 atom stereocenters. The summed E-state index contributed by atoms with van der Waals surface area (Å²) >= 11 is 0. The summed E-state index contributed by atoms with van der Waals surface area (Å²) in [5, 5.41) is 7.43. The highest BCUT2D eigenvalue weighted by Crippen LogP contribution is 2.31. The summed E-state index contributed by atoms with van der Waals surface area (Å²) in [6.07, 6.45) is 2.46. The highest BCUT2D eigenvalue weighted by atomic mass is 32.2. The van der Waals surface area contributed by atoms with E-state index in [1.807, 2.05) is 0 Å². The first-order chi connectivity index (χ1) is 9.12. The van der Waals surface area contributed by atoms with Crippen molar-refractivity contribution in [2.24, 2.45) is 5.14 Å². The first kappa shape index (κ1) is 14.9. The number of halogens is 2. The minimum absolute atomic E-state index is 0.345. The number of amides is 1. The molecule has 20 heavy (non-hydrogen) atoms. The molecule has 1 aromatic carbocycles. The Hall–Kier alpha value is -1.54. The van der Waals surface area contributed by atoms with Gasteiger partial charge in [0.25, 0.3) is 5.91 Å².